The van der Waals surface area contributed by atoms with Crippen LogP contribution in [-0.4, -0.2) is 45.9 Å². The third-order valence-electron chi connectivity index (χ3n) is 4.81. The molecule has 5 rings (SSSR count). The van der Waals surface area contributed by atoms with Crippen LogP contribution in [0.3, 0.4) is 0 Å². The number of amides is 1. The summed E-state index contributed by atoms with van der Waals surface area (Å²) in [6.45, 7) is 5.70. The fourth-order valence-electron chi connectivity index (χ4n) is 3.67. The van der Waals surface area contributed by atoms with E-state index in [1.807, 2.05) is 44.2 Å². The van der Waals surface area contributed by atoms with Crippen LogP contribution in [0.15, 0.2) is 36.7 Å². The molecule has 118 valence electrons. The Morgan fingerprint density at radius 3 is 2.61 bits per heavy atom. The molecule has 1 amide bonds. The maximum absolute atomic E-state index is 12.8. The summed E-state index contributed by atoms with van der Waals surface area (Å²) in [5.41, 5.74) is 2.90. The molecule has 2 atom stereocenters. The van der Waals surface area contributed by atoms with Gasteiger partial charge in [0.05, 0.1) is 12.1 Å². The van der Waals surface area contributed by atoms with E-state index in [1.54, 1.807) is 6.33 Å². The number of carbonyl (C=O) groups excluding carboxylic acids is 1. The van der Waals surface area contributed by atoms with Crippen LogP contribution in [0.5, 0.6) is 0 Å². The average molecular weight is 308 g/mol. The lowest BCUT2D eigenvalue weighted by Gasteiger charge is -2.56. The van der Waals surface area contributed by atoms with Gasteiger partial charge in [-0.05, 0) is 32.4 Å². The summed E-state index contributed by atoms with van der Waals surface area (Å²) in [4.78, 5) is 25.6. The van der Waals surface area contributed by atoms with Crippen LogP contribution >= 0.6 is 0 Å². The van der Waals surface area contributed by atoms with Crippen molar-refractivity contribution in [3.8, 4) is 0 Å². The summed E-state index contributed by atoms with van der Waals surface area (Å²) in [7, 11) is 0. The van der Waals surface area contributed by atoms with Gasteiger partial charge >= 0.3 is 0 Å². The van der Waals surface area contributed by atoms with Gasteiger partial charge in [-0.1, -0.05) is 17.7 Å². The molecule has 1 aromatic heterocycles. The number of benzene rings is 1. The van der Waals surface area contributed by atoms with Crippen LogP contribution in [0.25, 0.3) is 0 Å². The number of aromatic nitrogens is 2. The molecule has 2 aromatic rings. The van der Waals surface area contributed by atoms with E-state index in [9.17, 15) is 4.79 Å². The van der Waals surface area contributed by atoms with E-state index in [0.717, 1.165) is 42.1 Å². The van der Waals surface area contributed by atoms with Crippen molar-refractivity contribution >= 4 is 11.7 Å². The number of fused-ring (bicyclic) bond motifs is 2. The zero-order valence-corrected chi connectivity index (χ0v) is 13.4. The smallest absolute Gasteiger partial charge is 0.254 e. The van der Waals surface area contributed by atoms with E-state index in [2.05, 4.69) is 19.8 Å². The Balaban J connectivity index is 1.50. The maximum Gasteiger partial charge on any atom is 0.254 e. The Kier molecular flexibility index (Phi) is 3.29. The van der Waals surface area contributed by atoms with Crippen LogP contribution in [0.1, 0.15) is 28.0 Å². The molecule has 3 aliphatic rings. The second kappa shape index (κ2) is 5.33. The average Bonchev–Trinajstić information content (AvgIpc) is 2.55. The van der Waals surface area contributed by atoms with E-state index >= 15 is 0 Å². The predicted octanol–water partition coefficient (Wildman–Crippen LogP) is 2.20. The molecule has 5 heteroatoms. The highest BCUT2D eigenvalue weighted by Crippen LogP contribution is 2.35. The second-order valence-corrected chi connectivity index (χ2v) is 6.55. The van der Waals surface area contributed by atoms with Gasteiger partial charge in [0.15, 0.2) is 0 Å². The molecule has 3 saturated heterocycles. The molecular formula is C18H20N4O. The molecule has 0 aliphatic carbocycles. The third kappa shape index (κ3) is 2.46. The van der Waals surface area contributed by atoms with Crippen molar-refractivity contribution in [1.82, 2.24) is 14.9 Å². The van der Waals surface area contributed by atoms with Crippen molar-refractivity contribution in [2.75, 3.05) is 18.0 Å². The zero-order valence-electron chi connectivity index (χ0n) is 13.4. The summed E-state index contributed by atoms with van der Waals surface area (Å²) in [6, 6.07) is 10.4. The van der Waals surface area contributed by atoms with Gasteiger partial charge in [-0.2, -0.15) is 0 Å². The summed E-state index contributed by atoms with van der Waals surface area (Å²) in [6.07, 6.45) is 2.71. The Labute approximate surface area is 136 Å². The number of hydrogen-bond acceptors (Lipinski definition) is 4. The van der Waals surface area contributed by atoms with E-state index in [0.29, 0.717) is 0 Å². The van der Waals surface area contributed by atoms with Crippen molar-refractivity contribution in [2.24, 2.45) is 0 Å². The molecule has 4 heterocycles. The molecule has 1 aromatic carbocycles. The fourth-order valence-corrected chi connectivity index (χ4v) is 3.67. The lowest BCUT2D eigenvalue weighted by atomic mass is 9.86. The first-order valence-electron chi connectivity index (χ1n) is 8.05. The van der Waals surface area contributed by atoms with E-state index < -0.39 is 0 Å². The predicted molar refractivity (Wildman–Crippen MR) is 88.5 cm³/mol. The number of aryl methyl sites for hydroxylation is 2. The minimum absolute atomic E-state index is 0.161. The SMILES string of the molecule is Cc1cccc(C(=O)N2C3CC2CN(c2cc(C)ncn2)C3)c1. The Hall–Kier alpha value is -2.43. The molecule has 2 bridgehead atoms. The van der Waals surface area contributed by atoms with Crippen LogP contribution in [0, 0.1) is 13.8 Å². The summed E-state index contributed by atoms with van der Waals surface area (Å²) in [5.74, 6) is 1.13. The van der Waals surface area contributed by atoms with Crippen LogP contribution in [0.2, 0.25) is 0 Å². The van der Waals surface area contributed by atoms with Gasteiger partial charge in [0.1, 0.15) is 12.1 Å². The largest absolute Gasteiger partial charge is 0.352 e. The quantitative estimate of drug-likeness (QED) is 0.853. The number of rotatable bonds is 2. The monoisotopic (exact) mass is 308 g/mol. The van der Waals surface area contributed by atoms with Gasteiger partial charge in [0.25, 0.3) is 5.91 Å². The summed E-state index contributed by atoms with van der Waals surface area (Å²) >= 11 is 0. The van der Waals surface area contributed by atoms with Gasteiger partial charge in [-0.25, -0.2) is 9.97 Å². The fraction of sp³-hybridized carbons (Fsp3) is 0.389. The van der Waals surface area contributed by atoms with Gasteiger partial charge in [0, 0.05) is 30.4 Å². The molecule has 3 fully saturated rings. The highest BCUT2D eigenvalue weighted by Gasteiger charge is 2.47. The lowest BCUT2D eigenvalue weighted by molar-refractivity contribution is 0.00575. The summed E-state index contributed by atoms with van der Waals surface area (Å²) in [5, 5.41) is 0. The van der Waals surface area contributed by atoms with E-state index in [4.69, 9.17) is 0 Å². The molecule has 3 aliphatic heterocycles. The standard InChI is InChI=1S/C18H20N4O/c1-12-4-3-5-14(6-12)18(23)22-15-8-16(22)10-21(9-15)17-7-13(2)19-11-20-17/h3-7,11,15-16H,8-10H2,1-2H3. The number of carbonyl (C=O) groups is 1. The van der Waals surface area contributed by atoms with Crippen molar-refractivity contribution in [1.29, 1.82) is 0 Å². The Morgan fingerprint density at radius 2 is 1.91 bits per heavy atom. The van der Waals surface area contributed by atoms with Gasteiger partial charge < -0.3 is 9.80 Å². The summed E-state index contributed by atoms with van der Waals surface area (Å²) < 4.78 is 0. The van der Waals surface area contributed by atoms with Gasteiger partial charge in [0.2, 0.25) is 0 Å². The first kappa shape index (κ1) is 14.2. The first-order chi connectivity index (χ1) is 11.1. The molecular weight excluding hydrogens is 288 g/mol. The normalized spacial score (nSPS) is 22.7. The number of piperidine rings is 1. The lowest BCUT2D eigenvalue weighted by Crippen LogP contribution is -2.70. The minimum Gasteiger partial charge on any atom is -0.352 e. The Bertz CT molecular complexity index is 748. The van der Waals surface area contributed by atoms with Crippen LogP contribution < -0.4 is 4.90 Å². The number of piperazine rings is 1. The van der Waals surface area contributed by atoms with Crippen LogP contribution in [-0.2, 0) is 0 Å². The molecule has 5 nitrogen and oxygen atoms in total. The second-order valence-electron chi connectivity index (χ2n) is 6.55. The number of nitrogens with zero attached hydrogens (tertiary/aromatic N) is 4. The number of anilines is 1. The molecule has 2 unspecified atom stereocenters. The van der Waals surface area contributed by atoms with E-state index in [-0.39, 0.29) is 18.0 Å². The van der Waals surface area contributed by atoms with Crippen molar-refractivity contribution in [2.45, 2.75) is 32.4 Å². The first-order valence-corrected chi connectivity index (χ1v) is 8.05. The topological polar surface area (TPSA) is 49.3 Å². The molecule has 0 saturated carbocycles. The molecule has 23 heavy (non-hydrogen) atoms. The minimum atomic E-state index is 0.161. The van der Waals surface area contributed by atoms with Crippen molar-refractivity contribution < 1.29 is 4.79 Å². The molecule has 0 N–H and O–H groups in total. The maximum atomic E-state index is 12.8. The zero-order chi connectivity index (χ0) is 16.0. The van der Waals surface area contributed by atoms with E-state index in [1.165, 1.54) is 0 Å². The molecule has 0 radical (unpaired) electrons. The highest BCUT2D eigenvalue weighted by atomic mass is 16.2. The number of hydrogen-bond donors (Lipinski definition) is 0. The highest BCUT2D eigenvalue weighted by molar-refractivity contribution is 5.95. The van der Waals surface area contributed by atoms with Gasteiger partial charge in [-0.15, -0.1) is 0 Å². The molecule has 0 spiro atoms. The van der Waals surface area contributed by atoms with Gasteiger partial charge in [-0.3, -0.25) is 4.79 Å². The van der Waals surface area contributed by atoms with Crippen LogP contribution in [0.4, 0.5) is 5.82 Å². The Morgan fingerprint density at radius 1 is 1.13 bits per heavy atom. The van der Waals surface area contributed by atoms with Crippen molar-refractivity contribution in [3.05, 3.63) is 53.5 Å². The van der Waals surface area contributed by atoms with Crippen molar-refractivity contribution in [3.63, 3.8) is 0 Å². The third-order valence-corrected chi connectivity index (χ3v) is 4.81.